The van der Waals surface area contributed by atoms with E-state index >= 15 is 0 Å². The van der Waals surface area contributed by atoms with E-state index in [-0.39, 0.29) is 33.4 Å². The van der Waals surface area contributed by atoms with Crippen LogP contribution in [0.15, 0.2) is 236 Å². The SMILES string of the molecule is [2H]c1c([2H])c([2H])c(-c2cccc(-c3c([2H])c([2H])c([2H])c([2H])c3[2H])c2-[n+]2[c-]n(-c3cccc(Oc4ccc5c6ccccc6n(-c6cc(C(C)(C)C)ccn6)c5c4)c3)c3ccc(-c4nc5ccccc5n4-c4ccccc4)cc32)c([2H])c1[2H]. The van der Waals surface area contributed by atoms with Crippen LogP contribution in [0.4, 0.5) is 0 Å². The van der Waals surface area contributed by atoms with Gasteiger partial charge >= 0.3 is 0 Å². The largest absolute Gasteiger partial charge is 0.458 e. The Morgan fingerprint density at radius 3 is 1.96 bits per heavy atom. The smallest absolute Gasteiger partial charge is 0.269 e. The van der Waals surface area contributed by atoms with Crippen LogP contribution >= 0.6 is 0 Å². The highest BCUT2D eigenvalue weighted by atomic mass is 16.5. The maximum Gasteiger partial charge on any atom is 0.269 e. The van der Waals surface area contributed by atoms with Crippen molar-refractivity contribution in [3.63, 3.8) is 0 Å². The summed E-state index contributed by atoms with van der Waals surface area (Å²) in [5.41, 5.74) is 7.79. The van der Waals surface area contributed by atoms with Gasteiger partial charge in [0.15, 0.2) is 0 Å². The molecule has 0 spiro atoms. The topological polar surface area (TPSA) is 53.7 Å². The standard InChI is InChI=1S/C65H48N6O/c1-65(2,3)47-37-38-66-62(40-47)71-57-31-15-13-27-54(57)55-35-34-51(42-60(55)71)72-50-26-17-25-49(41-50)68-43-69(63-52(44-19-7-4-8-20-44)28-18-29-53(63)45-21-9-5-10-22-45)61-39-46(33-36-59(61)68)64-67-56-30-14-16-32-58(56)70(64)48-23-11-6-12-24-48/h4-42H,1-3H3/i4D,5D,7D,8D,9D,10D,19D,20D,21D,22D. The first-order valence-corrected chi connectivity index (χ1v) is 23.6. The van der Waals surface area contributed by atoms with Crippen molar-refractivity contribution in [3.05, 3.63) is 248 Å². The summed E-state index contributed by atoms with van der Waals surface area (Å²) in [6.45, 7) is 6.54. The molecule has 0 fully saturated rings. The maximum absolute atomic E-state index is 9.28. The third kappa shape index (κ3) is 7.42. The van der Waals surface area contributed by atoms with Crippen molar-refractivity contribution in [2.75, 3.05) is 0 Å². The van der Waals surface area contributed by atoms with Gasteiger partial charge in [-0.3, -0.25) is 18.3 Å². The summed E-state index contributed by atoms with van der Waals surface area (Å²) in [5.74, 6) is 2.44. The summed E-state index contributed by atoms with van der Waals surface area (Å²) in [4.78, 5) is 10.0. The zero-order chi connectivity index (χ0) is 57.0. The molecule has 0 saturated heterocycles. The first-order valence-electron chi connectivity index (χ1n) is 28.6. The molecule has 0 bridgehead atoms. The summed E-state index contributed by atoms with van der Waals surface area (Å²) >= 11 is 0. The van der Waals surface area contributed by atoms with Crippen molar-refractivity contribution in [1.29, 1.82) is 0 Å². The molecular formula is C65H48N6O. The molecule has 13 aromatic rings. The number of benzene rings is 9. The Kier molecular flexibility index (Phi) is 7.97. The van der Waals surface area contributed by atoms with Crippen molar-refractivity contribution in [1.82, 2.24) is 23.7 Å². The van der Waals surface area contributed by atoms with Crippen LogP contribution in [0.1, 0.15) is 40.0 Å². The van der Waals surface area contributed by atoms with Crippen molar-refractivity contribution >= 4 is 43.9 Å². The van der Waals surface area contributed by atoms with Gasteiger partial charge in [0.1, 0.15) is 23.1 Å². The van der Waals surface area contributed by atoms with Crippen LogP contribution in [-0.4, -0.2) is 23.7 Å². The van der Waals surface area contributed by atoms with E-state index < -0.39 is 60.4 Å². The van der Waals surface area contributed by atoms with Gasteiger partial charge in [-0.15, -0.1) is 0 Å². The fraction of sp³-hybridized carbons (Fsp3) is 0.0615. The second-order valence-electron chi connectivity index (χ2n) is 18.6. The van der Waals surface area contributed by atoms with E-state index in [1.54, 1.807) is 22.8 Å². The molecule has 72 heavy (non-hydrogen) atoms. The van der Waals surface area contributed by atoms with Gasteiger partial charge in [-0.25, -0.2) is 9.97 Å². The van der Waals surface area contributed by atoms with E-state index in [1.807, 2.05) is 138 Å². The van der Waals surface area contributed by atoms with E-state index in [0.717, 1.165) is 49.9 Å². The van der Waals surface area contributed by atoms with Crippen LogP contribution in [0, 0.1) is 6.33 Å². The number of hydrogen-bond donors (Lipinski definition) is 0. The number of imidazole rings is 2. The molecule has 0 aliphatic carbocycles. The van der Waals surface area contributed by atoms with Crippen LogP contribution in [-0.2, 0) is 5.41 Å². The minimum absolute atomic E-state index is 0.110. The summed E-state index contributed by atoms with van der Waals surface area (Å²) in [7, 11) is 0. The molecule has 7 nitrogen and oxygen atoms in total. The number of rotatable bonds is 9. The van der Waals surface area contributed by atoms with Gasteiger partial charge in [0.2, 0.25) is 0 Å². The number of fused-ring (bicyclic) bond motifs is 5. The summed E-state index contributed by atoms with van der Waals surface area (Å²) < 4.78 is 104. The Labute approximate surface area is 431 Å². The molecule has 0 atom stereocenters. The van der Waals surface area contributed by atoms with E-state index in [9.17, 15) is 5.48 Å². The number of aromatic nitrogens is 6. The van der Waals surface area contributed by atoms with Crippen molar-refractivity contribution in [2.45, 2.75) is 26.2 Å². The lowest BCUT2D eigenvalue weighted by Gasteiger charge is -2.20. The highest BCUT2D eigenvalue weighted by molar-refractivity contribution is 6.09. The molecule has 0 amide bonds. The molecule has 4 heterocycles. The monoisotopic (exact) mass is 938 g/mol. The Hall–Kier alpha value is -9.33. The average molecular weight is 939 g/mol. The summed E-state index contributed by atoms with van der Waals surface area (Å²) in [5, 5.41) is 2.10. The Balaban J connectivity index is 1.05. The molecule has 7 heteroatoms. The number of hydrogen-bond acceptors (Lipinski definition) is 3. The van der Waals surface area contributed by atoms with Crippen molar-refractivity contribution in [2.24, 2.45) is 0 Å². The van der Waals surface area contributed by atoms with Gasteiger partial charge in [-0.05, 0) is 112 Å². The number of nitrogens with zero attached hydrogens (tertiary/aromatic N) is 6. The molecule has 0 unspecified atom stereocenters. The van der Waals surface area contributed by atoms with Crippen molar-refractivity contribution in [3.8, 4) is 68.0 Å². The molecule has 0 N–H and O–H groups in total. The summed E-state index contributed by atoms with van der Waals surface area (Å²) in [6, 6.07) is 48.7. The molecular weight excluding hydrogens is 881 g/mol. The molecule has 0 saturated carbocycles. The number of para-hydroxylation sites is 5. The lowest BCUT2D eigenvalue weighted by atomic mass is 9.88. The summed E-state index contributed by atoms with van der Waals surface area (Å²) in [6.07, 6.45) is 5.41. The van der Waals surface area contributed by atoms with E-state index in [0.29, 0.717) is 39.6 Å². The van der Waals surface area contributed by atoms with Crippen LogP contribution in [0.3, 0.4) is 0 Å². The van der Waals surface area contributed by atoms with Crippen LogP contribution in [0.5, 0.6) is 11.5 Å². The Bertz CT molecular complexity index is 4650. The third-order valence-electron chi connectivity index (χ3n) is 13.1. The number of ether oxygens (including phenoxy) is 1. The molecule has 0 aliphatic rings. The van der Waals surface area contributed by atoms with E-state index in [4.69, 9.17) is 22.9 Å². The van der Waals surface area contributed by atoms with Gasteiger partial charge < -0.3 is 4.74 Å². The first-order chi connectivity index (χ1) is 39.5. The molecule has 9 aromatic carbocycles. The highest BCUT2D eigenvalue weighted by Gasteiger charge is 2.23. The van der Waals surface area contributed by atoms with Gasteiger partial charge in [0.25, 0.3) is 6.33 Å². The van der Waals surface area contributed by atoms with Crippen LogP contribution in [0.2, 0.25) is 0 Å². The lowest BCUT2D eigenvalue weighted by molar-refractivity contribution is -0.571. The van der Waals surface area contributed by atoms with Crippen LogP contribution < -0.4 is 9.30 Å². The van der Waals surface area contributed by atoms with E-state index in [1.165, 1.54) is 0 Å². The fourth-order valence-corrected chi connectivity index (χ4v) is 9.71. The minimum atomic E-state index is -0.587. The second kappa shape index (κ2) is 17.3. The molecule has 13 rings (SSSR count). The Morgan fingerprint density at radius 2 is 1.19 bits per heavy atom. The van der Waals surface area contributed by atoms with E-state index in [2.05, 4.69) is 60.5 Å². The molecule has 0 radical (unpaired) electrons. The predicted molar refractivity (Wildman–Crippen MR) is 292 cm³/mol. The average Bonchev–Trinajstić information content (AvgIpc) is 2.73. The predicted octanol–water partition coefficient (Wildman–Crippen LogP) is 15.6. The highest BCUT2D eigenvalue weighted by Crippen LogP contribution is 2.39. The number of pyridine rings is 1. The lowest BCUT2D eigenvalue weighted by Crippen LogP contribution is -2.31. The van der Waals surface area contributed by atoms with Gasteiger partial charge in [0, 0.05) is 34.3 Å². The fourth-order valence-electron chi connectivity index (χ4n) is 9.71. The quantitative estimate of drug-likeness (QED) is 0.107. The van der Waals surface area contributed by atoms with Crippen molar-refractivity contribution < 1.29 is 23.0 Å². The van der Waals surface area contributed by atoms with Crippen LogP contribution in [0.25, 0.3) is 100 Å². The van der Waals surface area contributed by atoms with Gasteiger partial charge in [-0.2, -0.15) is 0 Å². The third-order valence-corrected chi connectivity index (χ3v) is 13.1. The zero-order valence-corrected chi connectivity index (χ0v) is 39.3. The molecule has 0 aliphatic heterocycles. The first kappa shape index (κ1) is 33.2. The van der Waals surface area contributed by atoms with Gasteiger partial charge in [-0.1, -0.05) is 166 Å². The van der Waals surface area contributed by atoms with Gasteiger partial charge in [0.05, 0.1) is 58.2 Å². The molecule has 4 aromatic heterocycles. The maximum atomic E-state index is 9.28. The Morgan fingerprint density at radius 1 is 0.528 bits per heavy atom. The zero-order valence-electron chi connectivity index (χ0n) is 49.3. The normalized spacial score (nSPS) is 13.8. The minimum Gasteiger partial charge on any atom is -0.458 e. The second-order valence-corrected chi connectivity index (χ2v) is 18.6. The molecule has 344 valence electrons.